The van der Waals surface area contributed by atoms with Crippen LogP contribution in [0.15, 0.2) is 61.2 Å². The molecule has 0 saturated heterocycles. The Morgan fingerprint density at radius 3 is 2.58 bits per heavy atom. The van der Waals surface area contributed by atoms with Gasteiger partial charge in [0, 0.05) is 17.7 Å². The monoisotopic (exact) mass is 539 g/mol. The topological polar surface area (TPSA) is 47.6 Å². The number of rotatable bonds is 13. The Morgan fingerprint density at radius 1 is 1.05 bits per heavy atom. The molecule has 0 heterocycles. The quantitative estimate of drug-likeness (QED) is 0.223. The number of nitrogens with one attached hydrogen (secondary N) is 1. The molecule has 0 bridgehead atoms. The molecule has 1 aliphatic carbocycles. The van der Waals surface area contributed by atoms with Crippen molar-refractivity contribution < 1.29 is 14.3 Å². The van der Waals surface area contributed by atoms with Gasteiger partial charge in [0.2, 0.25) is 0 Å². The third kappa shape index (κ3) is 7.35. The minimum Gasteiger partial charge on any atom is -0.489 e. The molecular weight excluding hydrogens is 494 g/mol. The number of methoxy groups -OCH3 is 1. The zero-order chi connectivity index (χ0) is 28.6. The van der Waals surface area contributed by atoms with Crippen molar-refractivity contribution in [1.29, 1.82) is 0 Å². The molecule has 0 saturated carbocycles. The van der Waals surface area contributed by atoms with Crippen LogP contribution in [0.1, 0.15) is 90.6 Å². The van der Waals surface area contributed by atoms with Crippen molar-refractivity contribution in [3.05, 3.63) is 106 Å². The van der Waals surface area contributed by atoms with Crippen LogP contribution < -0.4 is 10.1 Å². The predicted molar refractivity (Wildman–Crippen MR) is 165 cm³/mol. The first-order chi connectivity index (χ1) is 19.3. The fourth-order valence-electron chi connectivity index (χ4n) is 5.81. The zero-order valence-electron chi connectivity index (χ0n) is 24.9. The van der Waals surface area contributed by atoms with Crippen LogP contribution in [0, 0.1) is 12.8 Å². The number of carbonyl (C=O) groups is 1. The fourth-order valence-corrected chi connectivity index (χ4v) is 5.81. The van der Waals surface area contributed by atoms with Gasteiger partial charge >= 0.3 is 5.97 Å². The van der Waals surface area contributed by atoms with E-state index in [1.807, 2.05) is 18.2 Å². The van der Waals surface area contributed by atoms with E-state index in [4.69, 9.17) is 9.47 Å². The maximum atomic E-state index is 12.0. The number of benzene rings is 3. The second-order valence-corrected chi connectivity index (χ2v) is 11.5. The lowest BCUT2D eigenvalue weighted by atomic mass is 9.90. The molecule has 4 rings (SSSR count). The predicted octanol–water partition coefficient (Wildman–Crippen LogP) is 8.08. The molecule has 3 aromatic carbocycles. The third-order valence-corrected chi connectivity index (χ3v) is 7.98. The SMILES string of the molecule is C=C(NC(CC(C)C)c1cc(CC)c2c(c1)CCC2)c1cc(COc2ccccc2C)ccc1CCC(=O)OC. The third-order valence-electron chi connectivity index (χ3n) is 7.98. The van der Waals surface area contributed by atoms with Crippen LogP contribution in [0.3, 0.4) is 0 Å². The van der Waals surface area contributed by atoms with E-state index < -0.39 is 0 Å². The molecule has 0 spiro atoms. The smallest absolute Gasteiger partial charge is 0.305 e. The summed E-state index contributed by atoms with van der Waals surface area (Å²) in [4.78, 5) is 12.0. The highest BCUT2D eigenvalue weighted by Crippen LogP contribution is 2.33. The number of ether oxygens (including phenoxy) is 2. The van der Waals surface area contributed by atoms with E-state index in [1.165, 1.54) is 43.1 Å². The summed E-state index contributed by atoms with van der Waals surface area (Å²) in [6, 6.07) is 19.4. The standard InChI is InChI=1S/C36H45NO3/c1-7-28-21-31(22-30-12-10-13-32(28)30)34(19-24(2)3)37-26(5)33-20-27(15-16-29(33)17-18-36(38)39-6)23-40-35-14-9-8-11-25(35)4/h8-9,11,14-16,20-22,24,34,37H,5,7,10,12-13,17-19,23H2,1-4,6H3. The molecule has 0 aliphatic heterocycles. The number of carbonyl (C=O) groups excluding carboxylic acids is 1. The second kappa shape index (κ2) is 13.7. The van der Waals surface area contributed by atoms with E-state index in [2.05, 4.69) is 76.0 Å². The van der Waals surface area contributed by atoms with Gasteiger partial charge in [-0.25, -0.2) is 0 Å². The van der Waals surface area contributed by atoms with Crippen LogP contribution >= 0.6 is 0 Å². The summed E-state index contributed by atoms with van der Waals surface area (Å²) in [5.74, 6) is 1.20. The van der Waals surface area contributed by atoms with E-state index in [1.54, 1.807) is 5.56 Å². The average molecular weight is 540 g/mol. The molecule has 1 unspecified atom stereocenters. The molecule has 1 atom stereocenters. The molecule has 1 aliphatic rings. The largest absolute Gasteiger partial charge is 0.489 e. The highest BCUT2D eigenvalue weighted by Gasteiger charge is 2.22. The Bertz CT molecular complexity index is 1340. The first-order valence-electron chi connectivity index (χ1n) is 14.8. The van der Waals surface area contributed by atoms with Gasteiger partial charge in [-0.2, -0.15) is 0 Å². The molecule has 1 N–H and O–H groups in total. The van der Waals surface area contributed by atoms with E-state index in [9.17, 15) is 4.79 Å². The van der Waals surface area contributed by atoms with Crippen molar-refractivity contribution in [3.8, 4) is 5.75 Å². The Balaban J connectivity index is 1.62. The lowest BCUT2D eigenvalue weighted by Crippen LogP contribution is -2.22. The maximum absolute atomic E-state index is 12.0. The first kappa shape index (κ1) is 29.5. The number of hydrogen-bond acceptors (Lipinski definition) is 4. The number of hydrogen-bond donors (Lipinski definition) is 1. The van der Waals surface area contributed by atoms with E-state index in [0.717, 1.165) is 46.5 Å². The summed E-state index contributed by atoms with van der Waals surface area (Å²) in [6.45, 7) is 13.9. The normalized spacial score (nSPS) is 13.2. The van der Waals surface area contributed by atoms with Crippen LogP contribution in [-0.4, -0.2) is 13.1 Å². The maximum Gasteiger partial charge on any atom is 0.305 e. The summed E-state index contributed by atoms with van der Waals surface area (Å²) in [6.07, 6.45) is 6.62. The van der Waals surface area contributed by atoms with Crippen LogP contribution in [0.4, 0.5) is 0 Å². The molecule has 3 aromatic rings. The van der Waals surface area contributed by atoms with Gasteiger partial charge < -0.3 is 14.8 Å². The lowest BCUT2D eigenvalue weighted by Gasteiger charge is -2.26. The highest BCUT2D eigenvalue weighted by atomic mass is 16.5. The van der Waals surface area contributed by atoms with Crippen molar-refractivity contribution in [2.75, 3.05) is 7.11 Å². The van der Waals surface area contributed by atoms with E-state index in [0.29, 0.717) is 25.4 Å². The van der Waals surface area contributed by atoms with Gasteiger partial charge in [0.15, 0.2) is 0 Å². The van der Waals surface area contributed by atoms with Gasteiger partial charge in [0.05, 0.1) is 13.2 Å². The Morgan fingerprint density at radius 2 is 1.85 bits per heavy atom. The Labute approximate surface area is 240 Å². The Kier molecular flexibility index (Phi) is 10.1. The summed E-state index contributed by atoms with van der Waals surface area (Å²) in [7, 11) is 1.44. The number of para-hydroxylation sites is 1. The highest BCUT2D eigenvalue weighted by molar-refractivity contribution is 5.71. The molecule has 0 aromatic heterocycles. The zero-order valence-corrected chi connectivity index (χ0v) is 24.9. The summed E-state index contributed by atoms with van der Waals surface area (Å²) >= 11 is 0. The number of fused-ring (bicyclic) bond motifs is 1. The van der Waals surface area contributed by atoms with Crippen LogP contribution in [0.25, 0.3) is 5.70 Å². The summed E-state index contributed by atoms with van der Waals surface area (Å²) in [5.41, 5.74) is 11.1. The van der Waals surface area contributed by atoms with Gasteiger partial charge in [0.25, 0.3) is 0 Å². The van der Waals surface area contributed by atoms with Crippen LogP contribution in [0.2, 0.25) is 0 Å². The van der Waals surface area contributed by atoms with Gasteiger partial charge in [-0.05, 0) is 102 Å². The molecule has 0 fully saturated rings. The number of aryl methyl sites for hydroxylation is 4. The summed E-state index contributed by atoms with van der Waals surface area (Å²) in [5, 5.41) is 3.82. The molecule has 0 amide bonds. The molecule has 212 valence electrons. The Hall–Kier alpha value is -3.53. The minimum atomic E-state index is -0.209. The molecule has 0 radical (unpaired) electrons. The van der Waals surface area contributed by atoms with Crippen LogP contribution in [0.5, 0.6) is 5.75 Å². The van der Waals surface area contributed by atoms with Crippen molar-refractivity contribution >= 4 is 11.7 Å². The van der Waals surface area contributed by atoms with Crippen molar-refractivity contribution in [1.82, 2.24) is 5.32 Å². The van der Waals surface area contributed by atoms with Gasteiger partial charge in [-0.15, -0.1) is 0 Å². The molecule has 40 heavy (non-hydrogen) atoms. The van der Waals surface area contributed by atoms with Gasteiger partial charge in [0.1, 0.15) is 12.4 Å². The second-order valence-electron chi connectivity index (χ2n) is 11.5. The van der Waals surface area contributed by atoms with E-state index >= 15 is 0 Å². The van der Waals surface area contributed by atoms with Crippen molar-refractivity contribution in [2.45, 2.75) is 85.3 Å². The lowest BCUT2D eigenvalue weighted by molar-refractivity contribution is -0.140. The van der Waals surface area contributed by atoms with Gasteiger partial charge in [-0.1, -0.05) is 69.8 Å². The molecule has 4 nitrogen and oxygen atoms in total. The first-order valence-corrected chi connectivity index (χ1v) is 14.8. The minimum absolute atomic E-state index is 0.157. The molecular formula is C36H45NO3. The van der Waals surface area contributed by atoms with Crippen molar-refractivity contribution in [3.63, 3.8) is 0 Å². The van der Waals surface area contributed by atoms with Crippen LogP contribution in [-0.2, 0) is 41.8 Å². The number of esters is 1. The fraction of sp³-hybridized carbons (Fsp3) is 0.417. The van der Waals surface area contributed by atoms with Gasteiger partial charge in [-0.3, -0.25) is 4.79 Å². The average Bonchev–Trinajstić information content (AvgIpc) is 3.43. The van der Waals surface area contributed by atoms with Crippen molar-refractivity contribution in [2.24, 2.45) is 5.92 Å². The summed E-state index contributed by atoms with van der Waals surface area (Å²) < 4.78 is 11.1. The van der Waals surface area contributed by atoms with E-state index in [-0.39, 0.29) is 12.0 Å². The molecule has 4 heteroatoms.